The van der Waals surface area contributed by atoms with Crippen LogP contribution in [0.25, 0.3) is 0 Å². The van der Waals surface area contributed by atoms with Crippen molar-refractivity contribution in [2.45, 2.75) is 6.42 Å². The minimum atomic E-state index is 0. The summed E-state index contributed by atoms with van der Waals surface area (Å²) < 4.78 is 0. The molecule has 2 N–H and O–H groups in total. The van der Waals surface area contributed by atoms with E-state index in [1.54, 1.807) is 23.6 Å². The third-order valence-corrected chi connectivity index (χ3v) is 4.81. The van der Waals surface area contributed by atoms with Gasteiger partial charge in [-0.15, -0.1) is 35.3 Å². The summed E-state index contributed by atoms with van der Waals surface area (Å²) in [5.41, 5.74) is 7.22. The highest BCUT2D eigenvalue weighted by Crippen LogP contribution is 2.18. The van der Waals surface area contributed by atoms with Crippen molar-refractivity contribution in [3.8, 4) is 0 Å². The number of aromatic nitrogens is 2. The van der Waals surface area contributed by atoms with Crippen molar-refractivity contribution in [3.05, 3.63) is 40.6 Å². The highest BCUT2D eigenvalue weighted by Gasteiger charge is 2.19. The summed E-state index contributed by atoms with van der Waals surface area (Å²) in [5.74, 6) is 0.616. The molecule has 1 aliphatic heterocycles. The number of piperazine rings is 1. The van der Waals surface area contributed by atoms with Crippen LogP contribution in [-0.2, 0) is 6.42 Å². The van der Waals surface area contributed by atoms with E-state index < -0.39 is 0 Å². The van der Waals surface area contributed by atoms with Crippen LogP contribution in [0, 0.1) is 0 Å². The Balaban J connectivity index is 0.00000208. The third-order valence-electron chi connectivity index (χ3n) is 3.76. The van der Waals surface area contributed by atoms with Gasteiger partial charge in [-0.1, -0.05) is 17.7 Å². The van der Waals surface area contributed by atoms with E-state index in [1.165, 1.54) is 0 Å². The van der Waals surface area contributed by atoms with Crippen molar-refractivity contribution in [1.29, 1.82) is 0 Å². The normalized spacial score (nSPS) is 15.3. The fourth-order valence-corrected chi connectivity index (χ4v) is 3.26. The molecule has 1 fully saturated rings. The molecule has 1 saturated heterocycles. The van der Waals surface area contributed by atoms with E-state index in [0.717, 1.165) is 43.3 Å². The Bertz CT molecular complexity index is 640. The molecule has 0 amide bonds. The lowest BCUT2D eigenvalue weighted by Crippen LogP contribution is -2.51. The second kappa shape index (κ2) is 9.38. The van der Waals surface area contributed by atoms with Crippen LogP contribution in [0.2, 0.25) is 5.15 Å². The van der Waals surface area contributed by atoms with Crippen molar-refractivity contribution in [2.24, 2.45) is 10.7 Å². The average molecular weight is 479 g/mol. The molecule has 0 aliphatic carbocycles. The van der Waals surface area contributed by atoms with Gasteiger partial charge in [-0.25, -0.2) is 9.97 Å². The number of nitrogens with zero attached hydrogens (tertiary/aromatic N) is 5. The van der Waals surface area contributed by atoms with Crippen LogP contribution < -0.4 is 10.6 Å². The summed E-state index contributed by atoms with van der Waals surface area (Å²) in [7, 11) is 0. The first-order valence-corrected chi connectivity index (χ1v) is 8.78. The van der Waals surface area contributed by atoms with Gasteiger partial charge in [0, 0.05) is 50.5 Å². The van der Waals surface area contributed by atoms with Crippen molar-refractivity contribution in [1.82, 2.24) is 14.9 Å². The van der Waals surface area contributed by atoms with Crippen LogP contribution in [0.4, 0.5) is 5.13 Å². The fourth-order valence-electron chi connectivity index (χ4n) is 2.45. The number of hydrogen-bond acceptors (Lipinski definition) is 5. The average Bonchev–Trinajstić information content (AvgIpc) is 3.11. The molecule has 130 valence electrons. The van der Waals surface area contributed by atoms with Gasteiger partial charge in [-0.05, 0) is 18.1 Å². The zero-order valence-electron chi connectivity index (χ0n) is 13.1. The van der Waals surface area contributed by atoms with E-state index in [9.17, 15) is 0 Å². The van der Waals surface area contributed by atoms with Gasteiger partial charge in [-0.2, -0.15) is 0 Å². The van der Waals surface area contributed by atoms with E-state index in [4.69, 9.17) is 17.3 Å². The van der Waals surface area contributed by atoms with E-state index in [-0.39, 0.29) is 24.0 Å². The van der Waals surface area contributed by atoms with Gasteiger partial charge in [0.1, 0.15) is 5.15 Å². The molecule has 0 aromatic carbocycles. The highest BCUT2D eigenvalue weighted by atomic mass is 127. The van der Waals surface area contributed by atoms with Gasteiger partial charge >= 0.3 is 0 Å². The quantitative estimate of drug-likeness (QED) is 0.316. The highest BCUT2D eigenvalue weighted by molar-refractivity contribution is 14.0. The summed E-state index contributed by atoms with van der Waals surface area (Å²) in [6, 6.07) is 3.76. The lowest BCUT2D eigenvalue weighted by atomic mass is 10.2. The van der Waals surface area contributed by atoms with Crippen LogP contribution in [0.1, 0.15) is 5.56 Å². The van der Waals surface area contributed by atoms with E-state index >= 15 is 0 Å². The molecular weight excluding hydrogens is 459 g/mol. The summed E-state index contributed by atoms with van der Waals surface area (Å²) in [6.07, 6.45) is 4.43. The molecular formula is C15H20ClIN6S. The summed E-state index contributed by atoms with van der Waals surface area (Å²) in [6.45, 7) is 4.24. The van der Waals surface area contributed by atoms with Gasteiger partial charge in [0.2, 0.25) is 0 Å². The van der Waals surface area contributed by atoms with Gasteiger partial charge in [-0.3, -0.25) is 4.99 Å². The predicted molar refractivity (Wildman–Crippen MR) is 111 cm³/mol. The molecule has 0 bridgehead atoms. The monoisotopic (exact) mass is 478 g/mol. The molecule has 1 aliphatic rings. The summed E-state index contributed by atoms with van der Waals surface area (Å²) in [4.78, 5) is 17.3. The number of rotatable bonds is 4. The van der Waals surface area contributed by atoms with Crippen LogP contribution >= 0.6 is 46.9 Å². The van der Waals surface area contributed by atoms with Crippen molar-refractivity contribution < 1.29 is 0 Å². The molecule has 6 nitrogen and oxygen atoms in total. The summed E-state index contributed by atoms with van der Waals surface area (Å²) in [5, 5.41) is 3.59. The lowest BCUT2D eigenvalue weighted by Gasteiger charge is -2.35. The molecule has 0 radical (unpaired) electrons. The van der Waals surface area contributed by atoms with E-state index in [2.05, 4.69) is 24.8 Å². The minimum absolute atomic E-state index is 0. The maximum atomic E-state index is 6.11. The smallest absolute Gasteiger partial charge is 0.191 e. The third kappa shape index (κ3) is 5.18. The number of hydrogen-bond donors (Lipinski definition) is 1. The number of halogens is 2. The van der Waals surface area contributed by atoms with Crippen LogP contribution in [-0.4, -0.2) is 53.6 Å². The predicted octanol–water partition coefficient (Wildman–Crippen LogP) is 2.49. The van der Waals surface area contributed by atoms with E-state index in [1.807, 2.05) is 17.6 Å². The van der Waals surface area contributed by atoms with Gasteiger partial charge < -0.3 is 15.5 Å². The first kappa shape index (κ1) is 19.2. The number of aliphatic imine (C=N–C) groups is 1. The first-order chi connectivity index (χ1) is 11.2. The Hall–Kier alpha value is -1.13. The molecule has 0 spiro atoms. The Morgan fingerprint density at radius 2 is 2.04 bits per heavy atom. The maximum Gasteiger partial charge on any atom is 0.191 e. The molecule has 2 aromatic heterocycles. The SMILES string of the molecule is I.NC(=NCCc1ccc(Cl)nc1)N1CCN(c2nccs2)CC1. The van der Waals surface area contributed by atoms with Crippen LogP contribution in [0.3, 0.4) is 0 Å². The number of nitrogens with two attached hydrogens (primary N) is 1. The summed E-state index contributed by atoms with van der Waals surface area (Å²) >= 11 is 7.44. The molecule has 3 heterocycles. The molecule has 9 heteroatoms. The second-order valence-electron chi connectivity index (χ2n) is 5.27. The number of anilines is 1. The molecule has 0 saturated carbocycles. The largest absolute Gasteiger partial charge is 0.370 e. The van der Waals surface area contributed by atoms with Crippen molar-refractivity contribution in [3.63, 3.8) is 0 Å². The zero-order chi connectivity index (χ0) is 16.1. The Labute approximate surface area is 167 Å². The Kier molecular flexibility index (Phi) is 7.50. The minimum Gasteiger partial charge on any atom is -0.370 e. The molecule has 0 unspecified atom stereocenters. The molecule has 2 aromatic rings. The number of thiazole rings is 1. The van der Waals surface area contributed by atoms with E-state index in [0.29, 0.717) is 17.7 Å². The molecule has 3 rings (SSSR count). The van der Waals surface area contributed by atoms with Crippen molar-refractivity contribution in [2.75, 3.05) is 37.6 Å². The molecule has 24 heavy (non-hydrogen) atoms. The number of pyridine rings is 1. The van der Waals surface area contributed by atoms with Crippen LogP contribution in [0.5, 0.6) is 0 Å². The Morgan fingerprint density at radius 1 is 1.25 bits per heavy atom. The Morgan fingerprint density at radius 3 is 2.67 bits per heavy atom. The number of guanidine groups is 1. The second-order valence-corrected chi connectivity index (χ2v) is 6.53. The van der Waals surface area contributed by atoms with Gasteiger partial charge in [0.25, 0.3) is 0 Å². The van der Waals surface area contributed by atoms with Gasteiger partial charge in [0.15, 0.2) is 11.1 Å². The van der Waals surface area contributed by atoms with Crippen LogP contribution in [0.15, 0.2) is 34.9 Å². The lowest BCUT2D eigenvalue weighted by molar-refractivity contribution is 0.380. The maximum absolute atomic E-state index is 6.11. The van der Waals surface area contributed by atoms with Crippen molar-refractivity contribution >= 4 is 58.0 Å². The standard InChI is InChI=1S/C15H19ClN6S.HI/c16-13-2-1-12(11-20-13)3-4-18-14(17)21-6-8-22(9-7-21)15-19-5-10-23-15;/h1-2,5,10-11H,3-4,6-9H2,(H2,17,18);1H. The fraction of sp³-hybridized carbons (Fsp3) is 0.400. The first-order valence-electron chi connectivity index (χ1n) is 7.52. The molecule has 0 atom stereocenters. The zero-order valence-corrected chi connectivity index (χ0v) is 17.0. The van der Waals surface area contributed by atoms with Gasteiger partial charge in [0.05, 0.1) is 0 Å². The topological polar surface area (TPSA) is 70.6 Å².